The van der Waals surface area contributed by atoms with Crippen molar-refractivity contribution in [3.05, 3.63) is 29.8 Å². The summed E-state index contributed by atoms with van der Waals surface area (Å²) in [6, 6.07) is 6.10. The van der Waals surface area contributed by atoms with E-state index in [1.54, 1.807) is 19.1 Å². The number of aryl methyl sites for hydroxylation is 1. The zero-order valence-corrected chi connectivity index (χ0v) is 12.7. The Balaban J connectivity index is 0.00000121. The molecule has 5 heteroatoms. The molecule has 0 radical (unpaired) electrons. The molecule has 0 N–H and O–H groups in total. The quantitative estimate of drug-likeness (QED) is 0.541. The first-order valence-corrected chi connectivity index (χ1v) is 4.44. The van der Waals surface area contributed by atoms with E-state index >= 15 is 0 Å². The van der Waals surface area contributed by atoms with Crippen LogP contribution in [-0.4, -0.2) is 13.0 Å². The molecule has 0 aromatic heterocycles. The van der Waals surface area contributed by atoms with E-state index in [0.29, 0.717) is 5.56 Å². The van der Waals surface area contributed by atoms with Gasteiger partial charge in [-0.25, -0.2) is 8.42 Å². The number of benzene rings is 1. The second-order valence-electron chi connectivity index (χ2n) is 2.22. The van der Waals surface area contributed by atoms with Gasteiger partial charge in [0.05, 0.1) is 4.90 Å². The van der Waals surface area contributed by atoms with Crippen LogP contribution in [-0.2, 0) is 10.1 Å². The number of rotatable bonds is 1. The fourth-order valence-electron chi connectivity index (χ4n) is 0.837. The van der Waals surface area contributed by atoms with Crippen LogP contribution in [0.1, 0.15) is 5.56 Å². The molecule has 60 valence electrons. The summed E-state index contributed by atoms with van der Waals surface area (Å²) in [5, 5.41) is 0. The van der Waals surface area contributed by atoms with Gasteiger partial charge in [0.15, 0.2) is 0 Å². The summed E-state index contributed by atoms with van der Waals surface area (Å²) in [4.78, 5) is -0.139. The normalized spacial score (nSPS) is 10.5. The van der Waals surface area contributed by atoms with Crippen molar-refractivity contribution in [3.8, 4) is 0 Å². The SMILES string of the molecule is Cc1ccccc1S(=O)(=O)[O-].[Rb+]. The van der Waals surface area contributed by atoms with Gasteiger partial charge < -0.3 is 4.55 Å². The smallest absolute Gasteiger partial charge is 0.744 e. The maximum atomic E-state index is 10.5. The maximum absolute atomic E-state index is 10.5. The van der Waals surface area contributed by atoms with Crippen molar-refractivity contribution >= 4 is 10.1 Å². The topological polar surface area (TPSA) is 57.2 Å². The summed E-state index contributed by atoms with van der Waals surface area (Å²) >= 11 is 0. The fourth-order valence-corrected chi connectivity index (χ4v) is 1.54. The van der Waals surface area contributed by atoms with Gasteiger partial charge in [-0.15, -0.1) is 0 Å². The van der Waals surface area contributed by atoms with Crippen molar-refractivity contribution in [3.63, 3.8) is 0 Å². The van der Waals surface area contributed by atoms with Crippen LogP contribution in [0.25, 0.3) is 0 Å². The molecule has 3 nitrogen and oxygen atoms in total. The molecule has 0 bridgehead atoms. The van der Waals surface area contributed by atoms with E-state index in [1.165, 1.54) is 12.1 Å². The van der Waals surface area contributed by atoms with Crippen molar-refractivity contribution in [1.82, 2.24) is 0 Å². The average Bonchev–Trinajstić information content (AvgIpc) is 1.86. The van der Waals surface area contributed by atoms with E-state index in [0.717, 1.165) is 0 Å². The van der Waals surface area contributed by atoms with Gasteiger partial charge >= 0.3 is 58.2 Å². The molecule has 0 unspecified atom stereocenters. The summed E-state index contributed by atoms with van der Waals surface area (Å²) in [7, 11) is -4.28. The molecule has 0 saturated heterocycles. The molecule has 1 rings (SSSR count). The molecule has 0 fully saturated rings. The third kappa shape index (κ3) is 3.36. The molecular formula is C7H7O3RbS. The van der Waals surface area contributed by atoms with Crippen molar-refractivity contribution in [1.29, 1.82) is 0 Å². The minimum atomic E-state index is -4.28. The van der Waals surface area contributed by atoms with Crippen LogP contribution in [0.4, 0.5) is 0 Å². The van der Waals surface area contributed by atoms with Crippen molar-refractivity contribution in [2.75, 3.05) is 0 Å². The fraction of sp³-hybridized carbons (Fsp3) is 0.143. The van der Waals surface area contributed by atoms with Crippen molar-refractivity contribution in [2.45, 2.75) is 11.8 Å². The van der Waals surface area contributed by atoms with Crippen LogP contribution in [0.3, 0.4) is 0 Å². The van der Waals surface area contributed by atoms with Gasteiger partial charge in [0.2, 0.25) is 0 Å². The van der Waals surface area contributed by atoms with Gasteiger partial charge in [0.25, 0.3) is 0 Å². The molecule has 12 heavy (non-hydrogen) atoms. The van der Waals surface area contributed by atoms with Crippen LogP contribution in [0.15, 0.2) is 29.2 Å². The third-order valence-electron chi connectivity index (χ3n) is 1.36. The Labute approximate surface area is 121 Å². The first-order chi connectivity index (χ1) is 5.02. The molecular weight excluding hydrogens is 250 g/mol. The second-order valence-corrected chi connectivity index (χ2v) is 3.57. The monoisotopic (exact) mass is 256 g/mol. The molecule has 0 amide bonds. The predicted molar refractivity (Wildman–Crippen MR) is 39.1 cm³/mol. The first-order valence-electron chi connectivity index (χ1n) is 3.03. The molecule has 0 spiro atoms. The van der Waals surface area contributed by atoms with Gasteiger partial charge in [-0.1, -0.05) is 18.2 Å². The Morgan fingerprint density at radius 3 is 2.08 bits per heavy atom. The van der Waals surface area contributed by atoms with E-state index in [4.69, 9.17) is 0 Å². The van der Waals surface area contributed by atoms with E-state index in [9.17, 15) is 13.0 Å². The minimum Gasteiger partial charge on any atom is -0.744 e. The summed E-state index contributed by atoms with van der Waals surface area (Å²) in [6.07, 6.45) is 0. The summed E-state index contributed by atoms with van der Waals surface area (Å²) in [6.45, 7) is 1.59. The Kier molecular flexibility index (Phi) is 5.36. The van der Waals surface area contributed by atoms with Gasteiger partial charge in [-0.2, -0.15) is 0 Å². The van der Waals surface area contributed by atoms with Gasteiger partial charge in [0, 0.05) is 0 Å². The summed E-state index contributed by atoms with van der Waals surface area (Å²) in [5.41, 5.74) is 0.488. The standard InChI is InChI=1S/C7H8O3S.Rb/c1-6-4-2-3-5-7(6)11(8,9)10;/h2-5H,1H3,(H,8,9,10);/q;+1/p-1. The minimum absolute atomic E-state index is 0. The molecule has 0 aliphatic heterocycles. The van der Waals surface area contributed by atoms with Crippen molar-refractivity contribution < 1.29 is 71.2 Å². The number of hydrogen-bond acceptors (Lipinski definition) is 3. The van der Waals surface area contributed by atoms with Crippen LogP contribution in [0, 0.1) is 6.92 Å². The predicted octanol–water partition coefficient (Wildman–Crippen LogP) is -2.10. The van der Waals surface area contributed by atoms with E-state index in [1.807, 2.05) is 0 Å². The Hall–Kier alpha value is 0.935. The zero-order valence-electron chi connectivity index (χ0n) is 6.94. The van der Waals surface area contributed by atoms with Crippen LogP contribution in [0.2, 0.25) is 0 Å². The second kappa shape index (κ2) is 4.98. The molecule has 1 aromatic carbocycles. The molecule has 0 aliphatic carbocycles. The molecule has 1 aromatic rings. The molecule has 0 saturated carbocycles. The van der Waals surface area contributed by atoms with E-state index < -0.39 is 10.1 Å². The third-order valence-corrected chi connectivity index (χ3v) is 2.36. The Bertz CT molecular complexity index is 359. The van der Waals surface area contributed by atoms with E-state index in [-0.39, 0.29) is 63.1 Å². The summed E-state index contributed by atoms with van der Waals surface area (Å²) in [5.74, 6) is 0. The van der Waals surface area contributed by atoms with Crippen LogP contribution >= 0.6 is 0 Å². The Morgan fingerprint density at radius 1 is 1.25 bits per heavy atom. The van der Waals surface area contributed by atoms with Gasteiger partial charge in [-0.3, -0.25) is 0 Å². The Morgan fingerprint density at radius 2 is 1.75 bits per heavy atom. The van der Waals surface area contributed by atoms with Crippen LogP contribution < -0.4 is 58.2 Å². The largest absolute Gasteiger partial charge is 1.00 e. The van der Waals surface area contributed by atoms with Crippen LogP contribution in [0.5, 0.6) is 0 Å². The average molecular weight is 257 g/mol. The maximum Gasteiger partial charge on any atom is 1.00 e. The summed E-state index contributed by atoms with van der Waals surface area (Å²) < 4.78 is 31.5. The van der Waals surface area contributed by atoms with Gasteiger partial charge in [-0.05, 0) is 18.6 Å². The van der Waals surface area contributed by atoms with Crippen molar-refractivity contribution in [2.24, 2.45) is 0 Å². The number of hydrogen-bond donors (Lipinski definition) is 0. The van der Waals surface area contributed by atoms with E-state index in [2.05, 4.69) is 0 Å². The molecule has 0 atom stereocenters. The molecule has 0 aliphatic rings. The first kappa shape index (κ1) is 12.9. The zero-order chi connectivity index (χ0) is 8.48. The molecule has 0 heterocycles. The van der Waals surface area contributed by atoms with Gasteiger partial charge in [0.1, 0.15) is 10.1 Å².